The van der Waals surface area contributed by atoms with E-state index in [2.05, 4.69) is 35.8 Å². The van der Waals surface area contributed by atoms with Crippen molar-refractivity contribution in [3.8, 4) is 0 Å². The van der Waals surface area contributed by atoms with Crippen LogP contribution in [0.25, 0.3) is 16.7 Å². The lowest BCUT2D eigenvalue weighted by Gasteiger charge is -2.17. The summed E-state index contributed by atoms with van der Waals surface area (Å²) >= 11 is 0. The summed E-state index contributed by atoms with van der Waals surface area (Å²) in [4.78, 5) is 14.6. The fourth-order valence-corrected chi connectivity index (χ4v) is 3.42. The van der Waals surface area contributed by atoms with E-state index in [-0.39, 0.29) is 18.5 Å². The van der Waals surface area contributed by atoms with Crippen LogP contribution in [0.15, 0.2) is 42.7 Å². The Hall–Kier alpha value is -3.56. The number of hydrogen-bond acceptors (Lipinski definition) is 7. The lowest BCUT2D eigenvalue weighted by Crippen LogP contribution is -2.39. The van der Waals surface area contributed by atoms with Crippen LogP contribution >= 0.6 is 0 Å². The number of carbonyl (C=O) groups excluding carboxylic acids is 1. The van der Waals surface area contributed by atoms with E-state index in [1.165, 1.54) is 0 Å². The van der Waals surface area contributed by atoms with E-state index in [0.717, 1.165) is 29.8 Å². The van der Waals surface area contributed by atoms with Crippen molar-refractivity contribution >= 4 is 28.4 Å². The van der Waals surface area contributed by atoms with E-state index in [1.807, 2.05) is 36.4 Å². The molecule has 0 unspecified atom stereocenters. The van der Waals surface area contributed by atoms with Gasteiger partial charge in [-0.25, -0.2) is 4.68 Å². The average Bonchev–Trinajstić information content (AvgIpc) is 3.41. The SMILES string of the molecule is O=C(Cn1nnc2ccccc21)N[C@H]1CCN(c2ccc3nncn3n2)C1. The van der Waals surface area contributed by atoms with Crippen molar-refractivity contribution in [1.82, 2.24) is 40.1 Å². The molecule has 10 nitrogen and oxygen atoms in total. The normalized spacial score (nSPS) is 17.0. The molecule has 27 heavy (non-hydrogen) atoms. The lowest BCUT2D eigenvalue weighted by atomic mass is 10.2. The van der Waals surface area contributed by atoms with E-state index in [1.54, 1.807) is 15.5 Å². The topological polar surface area (TPSA) is 106 Å². The predicted molar refractivity (Wildman–Crippen MR) is 97.1 cm³/mol. The highest BCUT2D eigenvalue weighted by Gasteiger charge is 2.25. The number of nitrogens with one attached hydrogen (secondary N) is 1. The van der Waals surface area contributed by atoms with E-state index in [0.29, 0.717) is 12.2 Å². The molecule has 1 fully saturated rings. The van der Waals surface area contributed by atoms with Crippen molar-refractivity contribution in [3.63, 3.8) is 0 Å². The Kier molecular flexibility index (Phi) is 3.66. The number of nitrogens with zero attached hydrogens (tertiary/aromatic N) is 8. The summed E-state index contributed by atoms with van der Waals surface area (Å²) in [5.74, 6) is 0.779. The molecule has 136 valence electrons. The van der Waals surface area contributed by atoms with Gasteiger partial charge in [0.05, 0.1) is 5.52 Å². The minimum Gasteiger partial charge on any atom is -0.353 e. The molecule has 1 N–H and O–H groups in total. The highest BCUT2D eigenvalue weighted by Crippen LogP contribution is 2.18. The molecule has 0 saturated carbocycles. The van der Waals surface area contributed by atoms with E-state index in [4.69, 9.17) is 0 Å². The molecule has 1 amide bonds. The molecule has 0 radical (unpaired) electrons. The zero-order chi connectivity index (χ0) is 18.2. The molecule has 5 rings (SSSR count). The molecular weight excluding hydrogens is 346 g/mol. The zero-order valence-electron chi connectivity index (χ0n) is 14.4. The van der Waals surface area contributed by atoms with Crippen molar-refractivity contribution < 1.29 is 4.79 Å². The van der Waals surface area contributed by atoms with Crippen LogP contribution in [0, 0.1) is 0 Å². The molecule has 1 aromatic carbocycles. The molecular formula is C17H17N9O. The Bertz CT molecular complexity index is 1120. The molecule has 1 aliphatic rings. The summed E-state index contributed by atoms with van der Waals surface area (Å²) in [7, 11) is 0. The Morgan fingerprint density at radius 1 is 1.19 bits per heavy atom. The number of benzene rings is 1. The van der Waals surface area contributed by atoms with Crippen LogP contribution in [0.3, 0.4) is 0 Å². The number of carbonyl (C=O) groups is 1. The number of hydrogen-bond donors (Lipinski definition) is 1. The van der Waals surface area contributed by atoms with Gasteiger partial charge in [0.25, 0.3) is 0 Å². The van der Waals surface area contributed by atoms with Gasteiger partial charge in [-0.15, -0.1) is 20.4 Å². The summed E-state index contributed by atoms with van der Waals surface area (Å²) < 4.78 is 3.27. The molecule has 1 aliphatic heterocycles. The van der Waals surface area contributed by atoms with Gasteiger partial charge in [-0.2, -0.15) is 4.52 Å². The van der Waals surface area contributed by atoms with Gasteiger partial charge in [0.2, 0.25) is 5.91 Å². The van der Waals surface area contributed by atoms with E-state index < -0.39 is 0 Å². The largest absolute Gasteiger partial charge is 0.353 e. The number of fused-ring (bicyclic) bond motifs is 2. The monoisotopic (exact) mass is 363 g/mol. The van der Waals surface area contributed by atoms with Gasteiger partial charge in [-0.1, -0.05) is 17.3 Å². The first-order chi connectivity index (χ1) is 13.3. The first kappa shape index (κ1) is 15.7. The predicted octanol–water partition coefficient (Wildman–Crippen LogP) is 0.264. The zero-order valence-corrected chi connectivity index (χ0v) is 14.4. The number of para-hydroxylation sites is 1. The molecule has 4 aromatic rings. The second kappa shape index (κ2) is 6.31. The maximum atomic E-state index is 12.4. The highest BCUT2D eigenvalue weighted by atomic mass is 16.2. The molecule has 10 heteroatoms. The van der Waals surface area contributed by atoms with Gasteiger partial charge in [-0.05, 0) is 30.7 Å². The minimum absolute atomic E-state index is 0.0697. The highest BCUT2D eigenvalue weighted by molar-refractivity contribution is 5.80. The summed E-state index contributed by atoms with van der Waals surface area (Å²) in [6.07, 6.45) is 2.45. The third-order valence-corrected chi connectivity index (χ3v) is 4.74. The fraction of sp³-hybridized carbons (Fsp3) is 0.294. The molecule has 1 saturated heterocycles. The van der Waals surface area contributed by atoms with Crippen LogP contribution in [0.1, 0.15) is 6.42 Å². The van der Waals surface area contributed by atoms with Crippen molar-refractivity contribution in [2.24, 2.45) is 0 Å². The maximum absolute atomic E-state index is 12.4. The standard InChI is InChI=1S/C17H17N9O/c27-17(10-25-14-4-2-1-3-13(14)20-23-25)19-12-7-8-24(9-12)16-6-5-15-21-18-11-26(15)22-16/h1-6,11-12H,7-10H2,(H,19,27)/t12-/m0/s1. The van der Waals surface area contributed by atoms with Crippen molar-refractivity contribution in [2.45, 2.75) is 19.0 Å². The van der Waals surface area contributed by atoms with Gasteiger partial charge in [-0.3, -0.25) is 4.79 Å². The number of amides is 1. The second-order valence-electron chi connectivity index (χ2n) is 6.56. The molecule has 3 aromatic heterocycles. The van der Waals surface area contributed by atoms with Crippen molar-refractivity contribution in [1.29, 1.82) is 0 Å². The number of aromatic nitrogens is 7. The Balaban J connectivity index is 1.23. The summed E-state index contributed by atoms with van der Waals surface area (Å²) in [6.45, 7) is 1.70. The number of anilines is 1. The summed E-state index contributed by atoms with van der Waals surface area (Å²) in [5, 5.41) is 23.5. The average molecular weight is 363 g/mol. The van der Waals surface area contributed by atoms with E-state index in [9.17, 15) is 4.79 Å². The van der Waals surface area contributed by atoms with Gasteiger partial charge in [0.15, 0.2) is 5.65 Å². The molecule has 0 aliphatic carbocycles. The Labute approximate surface area is 153 Å². The van der Waals surface area contributed by atoms with Gasteiger partial charge in [0.1, 0.15) is 24.2 Å². The van der Waals surface area contributed by atoms with Crippen molar-refractivity contribution in [2.75, 3.05) is 18.0 Å². The van der Waals surface area contributed by atoms with Crippen LogP contribution in [-0.4, -0.2) is 59.8 Å². The van der Waals surface area contributed by atoms with Crippen LogP contribution in [0.5, 0.6) is 0 Å². The fourth-order valence-electron chi connectivity index (χ4n) is 3.42. The third kappa shape index (κ3) is 2.94. The first-order valence-electron chi connectivity index (χ1n) is 8.76. The molecule has 0 bridgehead atoms. The Morgan fingerprint density at radius 3 is 3.07 bits per heavy atom. The van der Waals surface area contributed by atoms with Gasteiger partial charge >= 0.3 is 0 Å². The van der Waals surface area contributed by atoms with Gasteiger partial charge < -0.3 is 10.2 Å². The molecule has 0 spiro atoms. The van der Waals surface area contributed by atoms with Crippen LogP contribution in [-0.2, 0) is 11.3 Å². The molecule has 1 atom stereocenters. The summed E-state index contributed by atoms with van der Waals surface area (Å²) in [6, 6.07) is 11.5. The van der Waals surface area contributed by atoms with Crippen LogP contribution in [0.4, 0.5) is 5.82 Å². The third-order valence-electron chi connectivity index (χ3n) is 4.74. The number of rotatable bonds is 4. The second-order valence-corrected chi connectivity index (χ2v) is 6.56. The van der Waals surface area contributed by atoms with Crippen molar-refractivity contribution in [3.05, 3.63) is 42.7 Å². The molecule has 4 heterocycles. The van der Waals surface area contributed by atoms with Crippen LogP contribution in [0.2, 0.25) is 0 Å². The lowest BCUT2D eigenvalue weighted by molar-refractivity contribution is -0.122. The maximum Gasteiger partial charge on any atom is 0.242 e. The first-order valence-corrected chi connectivity index (χ1v) is 8.76. The van der Waals surface area contributed by atoms with Gasteiger partial charge in [0, 0.05) is 19.1 Å². The van der Waals surface area contributed by atoms with E-state index >= 15 is 0 Å². The quantitative estimate of drug-likeness (QED) is 0.554. The summed E-state index contributed by atoms with van der Waals surface area (Å²) in [5.41, 5.74) is 2.35. The minimum atomic E-state index is -0.0697. The smallest absolute Gasteiger partial charge is 0.242 e. The van der Waals surface area contributed by atoms with Crippen LogP contribution < -0.4 is 10.2 Å². The Morgan fingerprint density at radius 2 is 2.11 bits per heavy atom.